The zero-order valence-electron chi connectivity index (χ0n) is 11.6. The highest BCUT2D eigenvalue weighted by molar-refractivity contribution is 8.00. The lowest BCUT2D eigenvalue weighted by molar-refractivity contribution is 0.633. The number of nitrogens with zero attached hydrogens (tertiary/aromatic N) is 2. The number of thiocarbonyl (C=S) groups is 1. The van der Waals surface area contributed by atoms with E-state index in [1.165, 1.54) is 18.6 Å². The van der Waals surface area contributed by atoms with Crippen molar-refractivity contribution in [2.75, 3.05) is 17.6 Å². The molecule has 1 aromatic heterocycles. The van der Waals surface area contributed by atoms with Gasteiger partial charge in [-0.15, -0.1) is 5.10 Å². The van der Waals surface area contributed by atoms with Crippen LogP contribution in [-0.4, -0.2) is 32.2 Å². The predicted octanol–water partition coefficient (Wildman–Crippen LogP) is 2.43. The molecule has 1 fully saturated rings. The molecule has 19 heavy (non-hydrogen) atoms. The topological polar surface area (TPSA) is 63.8 Å². The summed E-state index contributed by atoms with van der Waals surface area (Å²) in [6.45, 7) is 7.05. The highest BCUT2D eigenvalue weighted by Gasteiger charge is 2.29. The minimum Gasteiger partial charge on any atom is -0.389 e. The minimum absolute atomic E-state index is 0.272. The second-order valence-electron chi connectivity index (χ2n) is 5.25. The second kappa shape index (κ2) is 5.63. The molecular formula is C13H20N4S2. The molecule has 1 saturated heterocycles. The molecule has 4 nitrogen and oxygen atoms in total. The van der Waals surface area contributed by atoms with Crippen LogP contribution in [0.2, 0.25) is 0 Å². The molecule has 2 heterocycles. The van der Waals surface area contributed by atoms with Crippen LogP contribution in [0.4, 0.5) is 5.82 Å². The molecule has 0 spiro atoms. The van der Waals surface area contributed by atoms with Crippen LogP contribution in [-0.2, 0) is 0 Å². The Balaban J connectivity index is 2.20. The van der Waals surface area contributed by atoms with E-state index in [1.807, 2.05) is 25.6 Å². The zero-order chi connectivity index (χ0) is 14.0. The molecule has 0 bridgehead atoms. The number of nitrogens with two attached hydrogens (primary N) is 1. The van der Waals surface area contributed by atoms with Crippen LogP contribution in [0.5, 0.6) is 0 Å². The van der Waals surface area contributed by atoms with Crippen LogP contribution < -0.4 is 11.1 Å². The summed E-state index contributed by atoms with van der Waals surface area (Å²) < 4.78 is 0.272. The highest BCUT2D eigenvalue weighted by Crippen LogP contribution is 2.37. The van der Waals surface area contributed by atoms with Gasteiger partial charge in [-0.25, -0.2) is 0 Å². The molecule has 3 N–H and O–H groups in total. The molecule has 1 unspecified atom stereocenters. The van der Waals surface area contributed by atoms with Crippen molar-refractivity contribution in [2.45, 2.75) is 38.4 Å². The van der Waals surface area contributed by atoms with E-state index in [2.05, 4.69) is 22.4 Å². The molecule has 6 heteroatoms. The zero-order valence-corrected chi connectivity index (χ0v) is 13.2. The van der Waals surface area contributed by atoms with Crippen molar-refractivity contribution < 1.29 is 0 Å². The van der Waals surface area contributed by atoms with Gasteiger partial charge in [-0.05, 0) is 44.9 Å². The van der Waals surface area contributed by atoms with Gasteiger partial charge in [0.1, 0.15) is 4.99 Å². The van der Waals surface area contributed by atoms with E-state index in [-0.39, 0.29) is 4.75 Å². The third kappa shape index (κ3) is 3.17. The first-order valence-corrected chi connectivity index (χ1v) is 7.84. The molecule has 0 aliphatic carbocycles. The fourth-order valence-corrected chi connectivity index (χ4v) is 3.77. The molecule has 0 saturated carbocycles. The van der Waals surface area contributed by atoms with Gasteiger partial charge in [-0.2, -0.15) is 16.9 Å². The van der Waals surface area contributed by atoms with Crippen LogP contribution >= 0.6 is 24.0 Å². The second-order valence-corrected chi connectivity index (χ2v) is 7.38. The van der Waals surface area contributed by atoms with E-state index in [4.69, 9.17) is 18.0 Å². The fourth-order valence-electron chi connectivity index (χ4n) is 2.28. The van der Waals surface area contributed by atoms with E-state index in [0.717, 1.165) is 23.4 Å². The molecule has 1 aromatic rings. The molecular weight excluding hydrogens is 276 g/mol. The van der Waals surface area contributed by atoms with E-state index in [0.29, 0.717) is 10.8 Å². The van der Waals surface area contributed by atoms with Crippen molar-refractivity contribution in [3.8, 4) is 0 Å². The van der Waals surface area contributed by atoms with Crippen LogP contribution in [0.15, 0.2) is 0 Å². The molecule has 1 atom stereocenters. The molecule has 104 valence electrons. The van der Waals surface area contributed by atoms with Crippen LogP contribution in [0, 0.1) is 13.8 Å². The quantitative estimate of drug-likeness (QED) is 0.832. The molecule has 0 radical (unpaired) electrons. The smallest absolute Gasteiger partial charge is 0.159 e. The SMILES string of the molecule is Cc1nnc(NCC2(C)CCCS2)c(C(N)=S)c1C. The minimum atomic E-state index is 0.272. The number of aryl methyl sites for hydroxylation is 1. The third-order valence-corrected chi connectivity index (χ3v) is 5.37. The van der Waals surface area contributed by atoms with Crippen molar-refractivity contribution in [3.63, 3.8) is 0 Å². The predicted molar refractivity (Wildman–Crippen MR) is 86.0 cm³/mol. The van der Waals surface area contributed by atoms with Gasteiger partial charge in [0.05, 0.1) is 11.3 Å². The van der Waals surface area contributed by atoms with Crippen molar-refractivity contribution in [2.24, 2.45) is 5.73 Å². The summed E-state index contributed by atoms with van der Waals surface area (Å²) in [7, 11) is 0. The lowest BCUT2D eigenvalue weighted by Crippen LogP contribution is -2.29. The van der Waals surface area contributed by atoms with Gasteiger partial charge in [0.25, 0.3) is 0 Å². The van der Waals surface area contributed by atoms with Crippen LogP contribution in [0.3, 0.4) is 0 Å². The average molecular weight is 296 g/mol. The normalized spacial score (nSPS) is 22.5. The van der Waals surface area contributed by atoms with Crippen molar-refractivity contribution >= 4 is 34.8 Å². The maximum Gasteiger partial charge on any atom is 0.159 e. The highest BCUT2D eigenvalue weighted by atomic mass is 32.2. The van der Waals surface area contributed by atoms with Gasteiger partial charge in [-0.1, -0.05) is 12.2 Å². The van der Waals surface area contributed by atoms with Gasteiger partial charge >= 0.3 is 0 Å². The first-order valence-electron chi connectivity index (χ1n) is 6.44. The van der Waals surface area contributed by atoms with Crippen molar-refractivity contribution in [1.29, 1.82) is 0 Å². The van der Waals surface area contributed by atoms with Gasteiger partial charge in [0, 0.05) is 11.3 Å². The summed E-state index contributed by atoms with van der Waals surface area (Å²) in [6, 6.07) is 0. The largest absolute Gasteiger partial charge is 0.389 e. The summed E-state index contributed by atoms with van der Waals surface area (Å²) in [5, 5.41) is 11.8. The van der Waals surface area contributed by atoms with Crippen molar-refractivity contribution in [3.05, 3.63) is 16.8 Å². The Labute approximate surface area is 123 Å². The first-order chi connectivity index (χ1) is 8.93. The Hall–Kier alpha value is -0.880. The standard InChI is InChI=1S/C13H20N4S2/c1-8-9(2)16-17-12(10(8)11(14)18)15-7-13(3)5-4-6-19-13/h4-7H2,1-3H3,(H2,14,18)(H,15,17). The fraction of sp³-hybridized carbons (Fsp3) is 0.615. The molecule has 0 aromatic carbocycles. The molecule has 0 amide bonds. The van der Waals surface area contributed by atoms with Gasteiger partial charge < -0.3 is 11.1 Å². The summed E-state index contributed by atoms with van der Waals surface area (Å²) >= 11 is 7.15. The number of nitrogens with one attached hydrogen (secondary N) is 1. The first kappa shape index (κ1) is 14.5. The average Bonchev–Trinajstić information content (AvgIpc) is 2.78. The third-order valence-electron chi connectivity index (χ3n) is 3.63. The summed E-state index contributed by atoms with van der Waals surface area (Å²) in [5.74, 6) is 1.95. The van der Waals surface area contributed by atoms with Crippen LogP contribution in [0.25, 0.3) is 0 Å². The number of hydrogen-bond donors (Lipinski definition) is 2. The monoisotopic (exact) mass is 296 g/mol. The Bertz CT molecular complexity index is 496. The van der Waals surface area contributed by atoms with E-state index in [9.17, 15) is 0 Å². The number of anilines is 1. The lowest BCUT2D eigenvalue weighted by atomic mass is 10.1. The number of aromatic nitrogens is 2. The van der Waals surface area contributed by atoms with Gasteiger partial charge in [0.2, 0.25) is 0 Å². The van der Waals surface area contributed by atoms with E-state index >= 15 is 0 Å². The molecule has 1 aliphatic rings. The summed E-state index contributed by atoms with van der Waals surface area (Å²) in [4.78, 5) is 0.377. The van der Waals surface area contributed by atoms with Crippen LogP contribution in [0.1, 0.15) is 36.6 Å². The Kier molecular flexibility index (Phi) is 4.30. The number of hydrogen-bond acceptors (Lipinski definition) is 5. The number of thioether (sulfide) groups is 1. The molecule has 2 rings (SSSR count). The Morgan fingerprint density at radius 3 is 2.79 bits per heavy atom. The Morgan fingerprint density at radius 1 is 1.47 bits per heavy atom. The summed E-state index contributed by atoms with van der Waals surface area (Å²) in [5.41, 5.74) is 8.53. The van der Waals surface area contributed by atoms with Gasteiger partial charge in [0.15, 0.2) is 5.82 Å². The van der Waals surface area contributed by atoms with Crippen molar-refractivity contribution in [1.82, 2.24) is 10.2 Å². The van der Waals surface area contributed by atoms with E-state index in [1.54, 1.807) is 0 Å². The maximum atomic E-state index is 5.82. The Morgan fingerprint density at radius 2 is 2.21 bits per heavy atom. The van der Waals surface area contributed by atoms with E-state index < -0.39 is 0 Å². The molecule has 1 aliphatic heterocycles. The number of rotatable bonds is 4. The van der Waals surface area contributed by atoms with Gasteiger partial charge in [-0.3, -0.25) is 0 Å². The lowest BCUT2D eigenvalue weighted by Gasteiger charge is -2.24. The summed E-state index contributed by atoms with van der Waals surface area (Å²) in [6.07, 6.45) is 2.51. The maximum absolute atomic E-state index is 5.82.